The second-order valence-electron chi connectivity index (χ2n) is 13.5. The molecule has 0 saturated heterocycles. The summed E-state index contributed by atoms with van der Waals surface area (Å²) in [5, 5.41) is 30.5. The van der Waals surface area contributed by atoms with E-state index in [1.54, 1.807) is 5.57 Å². The fourth-order valence-corrected chi connectivity index (χ4v) is 9.52. The lowest BCUT2D eigenvalue weighted by atomic mass is 9.41. The molecular formula is C30H50O3. The summed E-state index contributed by atoms with van der Waals surface area (Å²) in [6, 6.07) is 0. The van der Waals surface area contributed by atoms with Gasteiger partial charge in [-0.05, 0) is 110 Å². The first-order valence-electron chi connectivity index (χ1n) is 13.7. The van der Waals surface area contributed by atoms with Crippen molar-refractivity contribution in [2.45, 2.75) is 105 Å². The fourth-order valence-electron chi connectivity index (χ4n) is 9.52. The van der Waals surface area contributed by atoms with Crippen LogP contribution in [0, 0.1) is 45.3 Å². The summed E-state index contributed by atoms with van der Waals surface area (Å²) in [6.07, 6.45) is 14.7. The van der Waals surface area contributed by atoms with Gasteiger partial charge < -0.3 is 15.3 Å². The Kier molecular flexibility index (Phi) is 6.78. The van der Waals surface area contributed by atoms with Crippen LogP contribution in [0.3, 0.4) is 0 Å². The average molecular weight is 459 g/mol. The predicted octanol–water partition coefficient (Wildman–Crippen LogP) is 6.28. The highest BCUT2D eigenvalue weighted by atomic mass is 16.3. The fraction of sp³-hybridized carbons (Fsp3) is 0.867. The molecule has 0 amide bonds. The van der Waals surface area contributed by atoms with Crippen molar-refractivity contribution in [2.24, 2.45) is 45.3 Å². The third-order valence-electron chi connectivity index (χ3n) is 12.0. The molecule has 4 aliphatic rings. The van der Waals surface area contributed by atoms with Gasteiger partial charge in [0.15, 0.2) is 0 Å². The smallest absolute Gasteiger partial charge is 0.0639 e. The molecule has 8 atom stereocenters. The van der Waals surface area contributed by atoms with E-state index in [1.165, 1.54) is 25.7 Å². The first kappa shape index (κ1) is 25.5. The van der Waals surface area contributed by atoms with Gasteiger partial charge in [-0.3, -0.25) is 0 Å². The van der Waals surface area contributed by atoms with Crippen LogP contribution in [0.4, 0.5) is 0 Å². The molecule has 0 spiro atoms. The van der Waals surface area contributed by atoms with E-state index >= 15 is 0 Å². The number of allylic oxidation sites excluding steroid dienone is 3. The zero-order valence-corrected chi connectivity index (χ0v) is 22.2. The molecule has 4 rings (SSSR count). The SMILES string of the molecule is C/C(=C\CC[C@H](CO)[C@@H]1CC[C@]2(C)C3=CC[C@H]4C(C)(C)[C@@H](O)CC[C@]4(C)[C@H]3CC[C@@]12C)CO. The highest BCUT2D eigenvalue weighted by Gasteiger charge is 2.65. The minimum absolute atomic E-state index is 0.0168. The molecule has 0 aromatic carbocycles. The van der Waals surface area contributed by atoms with Crippen LogP contribution in [0.2, 0.25) is 0 Å². The average Bonchev–Trinajstić information content (AvgIpc) is 3.05. The number of hydrogen-bond donors (Lipinski definition) is 3. The van der Waals surface area contributed by atoms with Crippen molar-refractivity contribution >= 4 is 0 Å². The summed E-state index contributed by atoms with van der Waals surface area (Å²) in [7, 11) is 0. The third-order valence-corrected chi connectivity index (χ3v) is 12.0. The number of fused-ring (bicyclic) bond motifs is 5. The second kappa shape index (κ2) is 8.79. The van der Waals surface area contributed by atoms with Gasteiger partial charge in [-0.15, -0.1) is 0 Å². The van der Waals surface area contributed by atoms with Crippen LogP contribution >= 0.6 is 0 Å². The van der Waals surface area contributed by atoms with Crippen LogP contribution in [0.5, 0.6) is 0 Å². The Bertz CT molecular complexity index is 796. The van der Waals surface area contributed by atoms with E-state index in [0.29, 0.717) is 23.7 Å². The van der Waals surface area contributed by atoms with Gasteiger partial charge in [0.25, 0.3) is 0 Å². The van der Waals surface area contributed by atoms with E-state index in [1.807, 2.05) is 6.92 Å². The summed E-state index contributed by atoms with van der Waals surface area (Å²) in [5.74, 6) is 2.10. The van der Waals surface area contributed by atoms with Gasteiger partial charge in [0.1, 0.15) is 0 Å². The normalized spacial score (nSPS) is 45.6. The van der Waals surface area contributed by atoms with Crippen molar-refractivity contribution in [1.29, 1.82) is 0 Å². The van der Waals surface area contributed by atoms with Crippen LogP contribution in [0.1, 0.15) is 99.3 Å². The minimum Gasteiger partial charge on any atom is -0.396 e. The Balaban J connectivity index is 1.61. The topological polar surface area (TPSA) is 60.7 Å². The Hall–Kier alpha value is -0.640. The van der Waals surface area contributed by atoms with E-state index in [0.717, 1.165) is 37.7 Å². The van der Waals surface area contributed by atoms with E-state index < -0.39 is 0 Å². The zero-order chi connectivity index (χ0) is 24.2. The molecule has 33 heavy (non-hydrogen) atoms. The Labute approximate surface area is 202 Å². The Morgan fingerprint density at radius 1 is 1.06 bits per heavy atom. The zero-order valence-electron chi connectivity index (χ0n) is 22.2. The van der Waals surface area contributed by atoms with Crippen molar-refractivity contribution in [3.05, 3.63) is 23.3 Å². The molecule has 0 aliphatic heterocycles. The monoisotopic (exact) mass is 458 g/mol. The maximum atomic E-state index is 10.8. The maximum absolute atomic E-state index is 10.8. The quantitative estimate of drug-likeness (QED) is 0.411. The van der Waals surface area contributed by atoms with Crippen molar-refractivity contribution in [1.82, 2.24) is 0 Å². The molecule has 3 nitrogen and oxygen atoms in total. The van der Waals surface area contributed by atoms with Crippen LogP contribution < -0.4 is 0 Å². The molecule has 0 radical (unpaired) electrons. The molecule has 3 N–H and O–H groups in total. The summed E-state index contributed by atoms with van der Waals surface area (Å²) in [6.45, 7) is 14.6. The van der Waals surface area contributed by atoms with Crippen molar-refractivity contribution in [2.75, 3.05) is 13.2 Å². The number of hydrogen-bond acceptors (Lipinski definition) is 3. The largest absolute Gasteiger partial charge is 0.396 e. The van der Waals surface area contributed by atoms with E-state index in [4.69, 9.17) is 0 Å². The van der Waals surface area contributed by atoms with Gasteiger partial charge in [-0.2, -0.15) is 0 Å². The van der Waals surface area contributed by atoms with Crippen LogP contribution in [0.15, 0.2) is 23.3 Å². The summed E-state index contributed by atoms with van der Waals surface area (Å²) < 4.78 is 0. The standard InChI is InChI=1S/C30H50O3/c1-20(18-31)8-7-9-21(19-32)22-12-16-30(6)24-10-11-25-27(2,3)26(33)14-15-28(25,4)23(24)13-17-29(22,30)5/h8,10,21-23,25-26,31-33H,7,9,11-19H2,1-6H3/b20-8+/t21-,22+,23+,25+,26+,28-,29+,30-/m1/s1. The van der Waals surface area contributed by atoms with E-state index in [2.05, 4.69) is 46.8 Å². The summed E-state index contributed by atoms with van der Waals surface area (Å²) >= 11 is 0. The van der Waals surface area contributed by atoms with Gasteiger partial charge >= 0.3 is 0 Å². The first-order chi connectivity index (χ1) is 15.5. The third kappa shape index (κ3) is 3.71. The number of aliphatic hydroxyl groups is 3. The molecule has 3 heteroatoms. The van der Waals surface area contributed by atoms with E-state index in [-0.39, 0.29) is 41.0 Å². The number of aliphatic hydroxyl groups excluding tert-OH is 3. The van der Waals surface area contributed by atoms with Gasteiger partial charge in [-0.25, -0.2) is 0 Å². The highest BCUT2D eigenvalue weighted by molar-refractivity contribution is 5.33. The highest BCUT2D eigenvalue weighted by Crippen LogP contribution is 2.73. The molecule has 4 aliphatic carbocycles. The Morgan fingerprint density at radius 2 is 1.79 bits per heavy atom. The molecule has 0 aromatic heterocycles. The molecule has 3 fully saturated rings. The Morgan fingerprint density at radius 3 is 2.45 bits per heavy atom. The van der Waals surface area contributed by atoms with Crippen LogP contribution in [-0.2, 0) is 0 Å². The minimum atomic E-state index is -0.181. The van der Waals surface area contributed by atoms with Gasteiger partial charge in [0.05, 0.1) is 12.7 Å². The predicted molar refractivity (Wildman–Crippen MR) is 136 cm³/mol. The second-order valence-corrected chi connectivity index (χ2v) is 13.5. The lowest BCUT2D eigenvalue weighted by molar-refractivity contribution is -0.132. The molecule has 0 unspecified atom stereocenters. The van der Waals surface area contributed by atoms with Gasteiger partial charge in [0, 0.05) is 6.61 Å². The van der Waals surface area contributed by atoms with Crippen LogP contribution in [-0.4, -0.2) is 34.6 Å². The van der Waals surface area contributed by atoms with Crippen molar-refractivity contribution in [3.8, 4) is 0 Å². The molecule has 3 saturated carbocycles. The lowest BCUT2D eigenvalue weighted by Crippen LogP contribution is -2.58. The van der Waals surface area contributed by atoms with Crippen LogP contribution in [0.25, 0.3) is 0 Å². The van der Waals surface area contributed by atoms with Crippen molar-refractivity contribution in [3.63, 3.8) is 0 Å². The first-order valence-corrected chi connectivity index (χ1v) is 13.7. The number of rotatable bonds is 6. The van der Waals surface area contributed by atoms with Gasteiger partial charge in [0.2, 0.25) is 0 Å². The lowest BCUT2D eigenvalue weighted by Gasteiger charge is -2.64. The summed E-state index contributed by atoms with van der Waals surface area (Å²) in [5.41, 5.74) is 3.50. The molecule has 188 valence electrons. The van der Waals surface area contributed by atoms with Crippen molar-refractivity contribution < 1.29 is 15.3 Å². The van der Waals surface area contributed by atoms with Gasteiger partial charge in [-0.1, -0.05) is 57.9 Å². The molecule has 0 heterocycles. The molecule has 0 bridgehead atoms. The molecular weight excluding hydrogens is 408 g/mol. The maximum Gasteiger partial charge on any atom is 0.0639 e. The molecule has 0 aromatic rings. The summed E-state index contributed by atoms with van der Waals surface area (Å²) in [4.78, 5) is 0. The van der Waals surface area contributed by atoms with E-state index in [9.17, 15) is 15.3 Å².